The van der Waals surface area contributed by atoms with Crippen molar-refractivity contribution in [1.29, 1.82) is 0 Å². The summed E-state index contributed by atoms with van der Waals surface area (Å²) in [5, 5.41) is 2.37. The first-order chi connectivity index (χ1) is 5.27. The molecule has 0 aromatic rings. The third-order valence-corrected chi connectivity index (χ3v) is 2.71. The standard InChI is InChI=1S/C8H11NO2/c10-7-4-5-2-1-3-6(5)8(11)9-7/h5-6H,1-4H2,(H,9,10,11). The van der Waals surface area contributed by atoms with E-state index >= 15 is 0 Å². The van der Waals surface area contributed by atoms with Crippen LogP contribution in [0, 0.1) is 11.8 Å². The Balaban J connectivity index is 2.16. The molecule has 0 aromatic heterocycles. The van der Waals surface area contributed by atoms with Gasteiger partial charge < -0.3 is 0 Å². The lowest BCUT2D eigenvalue weighted by atomic mass is 9.89. The molecule has 0 radical (unpaired) electrons. The van der Waals surface area contributed by atoms with Gasteiger partial charge in [-0.15, -0.1) is 0 Å². The van der Waals surface area contributed by atoms with Gasteiger partial charge in [-0.3, -0.25) is 14.9 Å². The molecule has 2 rings (SSSR count). The molecular weight excluding hydrogens is 142 g/mol. The number of nitrogens with one attached hydrogen (secondary N) is 1. The van der Waals surface area contributed by atoms with E-state index in [1.165, 1.54) is 0 Å². The maximum atomic E-state index is 11.2. The second-order valence-electron chi connectivity index (χ2n) is 3.41. The fourth-order valence-corrected chi connectivity index (χ4v) is 2.15. The summed E-state index contributed by atoms with van der Waals surface area (Å²) >= 11 is 0. The summed E-state index contributed by atoms with van der Waals surface area (Å²) in [4.78, 5) is 22.0. The first kappa shape index (κ1) is 6.83. The predicted molar refractivity (Wildman–Crippen MR) is 38.6 cm³/mol. The first-order valence-corrected chi connectivity index (χ1v) is 4.11. The predicted octanol–water partition coefficient (Wildman–Crippen LogP) is 0.449. The van der Waals surface area contributed by atoms with Crippen molar-refractivity contribution in [2.45, 2.75) is 25.7 Å². The van der Waals surface area contributed by atoms with Crippen LogP contribution in [0.25, 0.3) is 0 Å². The number of piperidine rings is 1. The summed E-state index contributed by atoms with van der Waals surface area (Å²) in [7, 11) is 0. The van der Waals surface area contributed by atoms with Crippen LogP contribution in [0.5, 0.6) is 0 Å². The van der Waals surface area contributed by atoms with E-state index in [4.69, 9.17) is 0 Å². The molecule has 0 aromatic carbocycles. The van der Waals surface area contributed by atoms with E-state index in [2.05, 4.69) is 5.32 Å². The Morgan fingerprint density at radius 2 is 2.09 bits per heavy atom. The van der Waals surface area contributed by atoms with Gasteiger partial charge in [0.25, 0.3) is 0 Å². The van der Waals surface area contributed by atoms with Crippen LogP contribution < -0.4 is 5.32 Å². The number of fused-ring (bicyclic) bond motifs is 1. The van der Waals surface area contributed by atoms with E-state index in [0.717, 1.165) is 19.3 Å². The summed E-state index contributed by atoms with van der Waals surface area (Å²) in [5.41, 5.74) is 0. The number of carbonyl (C=O) groups is 2. The van der Waals surface area contributed by atoms with Gasteiger partial charge >= 0.3 is 0 Å². The van der Waals surface area contributed by atoms with E-state index in [-0.39, 0.29) is 17.7 Å². The average molecular weight is 153 g/mol. The molecule has 3 heteroatoms. The lowest BCUT2D eigenvalue weighted by Crippen LogP contribution is -2.43. The summed E-state index contributed by atoms with van der Waals surface area (Å²) in [6.45, 7) is 0. The topological polar surface area (TPSA) is 46.2 Å². The Hall–Kier alpha value is -0.860. The molecule has 2 atom stereocenters. The van der Waals surface area contributed by atoms with Crippen LogP contribution in [0.15, 0.2) is 0 Å². The molecule has 2 fully saturated rings. The molecule has 1 heterocycles. The molecule has 3 nitrogen and oxygen atoms in total. The zero-order valence-corrected chi connectivity index (χ0v) is 6.30. The SMILES string of the molecule is O=C1CC2CCCC2C(=O)N1. The minimum absolute atomic E-state index is 0.0382. The molecule has 1 aliphatic carbocycles. The van der Waals surface area contributed by atoms with E-state index < -0.39 is 0 Å². The van der Waals surface area contributed by atoms with Gasteiger partial charge in [-0.1, -0.05) is 6.42 Å². The third-order valence-electron chi connectivity index (χ3n) is 2.71. The molecule has 60 valence electrons. The largest absolute Gasteiger partial charge is 0.296 e. The van der Waals surface area contributed by atoms with Gasteiger partial charge in [0.1, 0.15) is 0 Å². The first-order valence-electron chi connectivity index (χ1n) is 4.11. The third kappa shape index (κ3) is 1.04. The second-order valence-corrected chi connectivity index (χ2v) is 3.41. The average Bonchev–Trinajstić information content (AvgIpc) is 2.34. The lowest BCUT2D eigenvalue weighted by molar-refractivity contribution is -0.138. The molecule has 2 aliphatic rings. The van der Waals surface area contributed by atoms with Crippen molar-refractivity contribution in [3.05, 3.63) is 0 Å². The molecule has 0 bridgehead atoms. The zero-order valence-electron chi connectivity index (χ0n) is 6.30. The molecule has 1 saturated carbocycles. The highest BCUT2D eigenvalue weighted by Crippen LogP contribution is 2.36. The zero-order chi connectivity index (χ0) is 7.84. The summed E-state index contributed by atoms with van der Waals surface area (Å²) < 4.78 is 0. The second kappa shape index (κ2) is 2.32. The van der Waals surface area contributed by atoms with Gasteiger partial charge in [0.05, 0.1) is 0 Å². The van der Waals surface area contributed by atoms with Crippen molar-refractivity contribution >= 4 is 11.8 Å². The van der Waals surface area contributed by atoms with Gasteiger partial charge in [0.2, 0.25) is 11.8 Å². The quantitative estimate of drug-likeness (QED) is 0.513. The van der Waals surface area contributed by atoms with E-state index in [9.17, 15) is 9.59 Å². The summed E-state index contributed by atoms with van der Waals surface area (Å²) in [6.07, 6.45) is 3.71. The van der Waals surface area contributed by atoms with Gasteiger partial charge in [-0.05, 0) is 18.8 Å². The number of hydrogen-bond acceptors (Lipinski definition) is 2. The van der Waals surface area contributed by atoms with Crippen molar-refractivity contribution in [2.24, 2.45) is 11.8 Å². The summed E-state index contributed by atoms with van der Waals surface area (Å²) in [5.74, 6) is 0.380. The number of hydrogen-bond donors (Lipinski definition) is 1. The lowest BCUT2D eigenvalue weighted by Gasteiger charge is -2.23. The smallest absolute Gasteiger partial charge is 0.229 e. The highest BCUT2D eigenvalue weighted by atomic mass is 16.2. The molecule has 1 saturated heterocycles. The Labute approximate surface area is 65.2 Å². The maximum absolute atomic E-state index is 11.2. The van der Waals surface area contributed by atoms with Crippen LogP contribution in [0.4, 0.5) is 0 Å². The molecule has 2 amide bonds. The monoisotopic (exact) mass is 153 g/mol. The molecule has 11 heavy (non-hydrogen) atoms. The Bertz CT molecular complexity index is 212. The molecule has 0 spiro atoms. The molecular formula is C8H11NO2. The number of carbonyl (C=O) groups excluding carboxylic acids is 2. The van der Waals surface area contributed by atoms with Crippen molar-refractivity contribution in [1.82, 2.24) is 5.32 Å². The highest BCUT2D eigenvalue weighted by Gasteiger charge is 2.38. The number of imide groups is 1. The van der Waals surface area contributed by atoms with Gasteiger partial charge in [0.15, 0.2) is 0 Å². The molecule has 2 unspecified atom stereocenters. The number of amides is 2. The van der Waals surface area contributed by atoms with Gasteiger partial charge in [0, 0.05) is 12.3 Å². The summed E-state index contributed by atoms with van der Waals surface area (Å²) in [6, 6.07) is 0. The van der Waals surface area contributed by atoms with Gasteiger partial charge in [-0.2, -0.15) is 0 Å². The van der Waals surface area contributed by atoms with Gasteiger partial charge in [-0.25, -0.2) is 0 Å². The highest BCUT2D eigenvalue weighted by molar-refractivity contribution is 5.99. The van der Waals surface area contributed by atoms with E-state index in [1.54, 1.807) is 0 Å². The minimum atomic E-state index is -0.0850. The Morgan fingerprint density at radius 1 is 1.27 bits per heavy atom. The van der Waals surface area contributed by atoms with Crippen LogP contribution in [-0.4, -0.2) is 11.8 Å². The minimum Gasteiger partial charge on any atom is -0.296 e. The van der Waals surface area contributed by atoms with Crippen LogP contribution in [0.1, 0.15) is 25.7 Å². The Kier molecular flexibility index (Phi) is 1.44. The molecule has 1 N–H and O–H groups in total. The van der Waals surface area contributed by atoms with Crippen molar-refractivity contribution in [2.75, 3.05) is 0 Å². The molecule has 1 aliphatic heterocycles. The maximum Gasteiger partial charge on any atom is 0.229 e. The fraction of sp³-hybridized carbons (Fsp3) is 0.750. The normalized spacial score (nSPS) is 36.7. The van der Waals surface area contributed by atoms with E-state index in [0.29, 0.717) is 12.3 Å². The number of rotatable bonds is 0. The van der Waals surface area contributed by atoms with Crippen LogP contribution in [0.2, 0.25) is 0 Å². The van der Waals surface area contributed by atoms with Crippen LogP contribution in [0.3, 0.4) is 0 Å². The van der Waals surface area contributed by atoms with E-state index in [1.807, 2.05) is 0 Å². The van der Waals surface area contributed by atoms with Crippen molar-refractivity contribution in [3.8, 4) is 0 Å². The van der Waals surface area contributed by atoms with Crippen LogP contribution in [-0.2, 0) is 9.59 Å². The van der Waals surface area contributed by atoms with Crippen molar-refractivity contribution < 1.29 is 9.59 Å². The fourth-order valence-electron chi connectivity index (χ4n) is 2.15. The van der Waals surface area contributed by atoms with Crippen LogP contribution >= 0.6 is 0 Å². The Morgan fingerprint density at radius 3 is 2.91 bits per heavy atom. The van der Waals surface area contributed by atoms with Crippen molar-refractivity contribution in [3.63, 3.8) is 0 Å².